The van der Waals surface area contributed by atoms with Crippen LogP contribution in [0.5, 0.6) is 5.75 Å². The molecule has 0 aromatic heterocycles. The molecule has 7 heteroatoms. The molecule has 1 aromatic carbocycles. The Labute approximate surface area is 179 Å². The van der Waals surface area contributed by atoms with Crippen molar-refractivity contribution in [2.24, 2.45) is 10.9 Å². The number of hydrogen-bond donors (Lipinski definition) is 3. The van der Waals surface area contributed by atoms with E-state index < -0.39 is 0 Å². The Kier molecular flexibility index (Phi) is 11.2. The first-order valence-electron chi connectivity index (χ1n) is 9.49. The van der Waals surface area contributed by atoms with Crippen LogP contribution in [0.3, 0.4) is 0 Å². The van der Waals surface area contributed by atoms with Gasteiger partial charge in [-0.05, 0) is 49.8 Å². The highest BCUT2D eigenvalue weighted by Gasteiger charge is 2.24. The molecule has 0 unspecified atom stereocenters. The molecule has 0 radical (unpaired) electrons. The smallest absolute Gasteiger partial charge is 0.223 e. The molecule has 3 N–H and O–H groups in total. The van der Waals surface area contributed by atoms with Crippen molar-refractivity contribution in [3.63, 3.8) is 0 Å². The highest BCUT2D eigenvalue weighted by molar-refractivity contribution is 14.0. The van der Waals surface area contributed by atoms with Gasteiger partial charge in [-0.15, -0.1) is 24.0 Å². The molecular formula is C20H33IN4O2. The fraction of sp³-hybridized carbons (Fsp3) is 0.600. The van der Waals surface area contributed by atoms with Gasteiger partial charge in [-0.25, -0.2) is 0 Å². The maximum atomic E-state index is 11.7. The molecule has 1 amide bonds. The average Bonchev–Trinajstić information content (AvgIpc) is 2.59. The zero-order valence-corrected chi connectivity index (χ0v) is 19.0. The summed E-state index contributed by atoms with van der Waals surface area (Å²) in [5.74, 6) is 2.19. The predicted octanol–water partition coefficient (Wildman–Crippen LogP) is 2.64. The number of amides is 1. The molecule has 1 aliphatic carbocycles. The van der Waals surface area contributed by atoms with Crippen LogP contribution in [0.4, 0.5) is 0 Å². The zero-order valence-electron chi connectivity index (χ0n) is 16.6. The van der Waals surface area contributed by atoms with Crippen LogP contribution in [-0.4, -0.2) is 45.7 Å². The predicted molar refractivity (Wildman–Crippen MR) is 121 cm³/mol. The normalized spacial score (nSPS) is 14.0. The van der Waals surface area contributed by atoms with Crippen LogP contribution in [0.2, 0.25) is 0 Å². The Hall–Kier alpha value is -1.51. The maximum Gasteiger partial charge on any atom is 0.223 e. The van der Waals surface area contributed by atoms with Crippen molar-refractivity contribution in [2.45, 2.75) is 39.0 Å². The minimum absolute atomic E-state index is 0. The van der Waals surface area contributed by atoms with Crippen molar-refractivity contribution >= 4 is 35.8 Å². The van der Waals surface area contributed by atoms with E-state index >= 15 is 0 Å². The molecule has 0 spiro atoms. The second-order valence-corrected chi connectivity index (χ2v) is 6.75. The van der Waals surface area contributed by atoms with E-state index in [-0.39, 0.29) is 35.8 Å². The average molecular weight is 488 g/mol. The molecular weight excluding hydrogens is 455 g/mol. The molecule has 1 saturated carbocycles. The summed E-state index contributed by atoms with van der Waals surface area (Å²) in [5.41, 5.74) is 2.38. The van der Waals surface area contributed by atoms with E-state index in [4.69, 9.17) is 4.74 Å². The van der Waals surface area contributed by atoms with Gasteiger partial charge in [0.15, 0.2) is 5.96 Å². The minimum atomic E-state index is 0. The number of aryl methyl sites for hydroxylation is 1. The maximum absolute atomic E-state index is 11.7. The first-order valence-corrected chi connectivity index (χ1v) is 9.49. The van der Waals surface area contributed by atoms with Crippen molar-refractivity contribution in [2.75, 3.05) is 33.8 Å². The molecule has 1 aromatic rings. The number of guanidine groups is 1. The zero-order chi connectivity index (χ0) is 18.8. The summed E-state index contributed by atoms with van der Waals surface area (Å²) >= 11 is 0. The molecule has 2 rings (SSSR count). The van der Waals surface area contributed by atoms with Gasteiger partial charge in [0.25, 0.3) is 0 Å². The first-order chi connectivity index (χ1) is 12.6. The van der Waals surface area contributed by atoms with Gasteiger partial charge in [-0.3, -0.25) is 9.79 Å². The van der Waals surface area contributed by atoms with E-state index in [1.807, 2.05) is 6.92 Å². The lowest BCUT2D eigenvalue weighted by atomic mass is 9.85. The number of hydrogen-bond acceptors (Lipinski definition) is 3. The highest BCUT2D eigenvalue weighted by atomic mass is 127. The number of benzene rings is 1. The van der Waals surface area contributed by atoms with Gasteiger partial charge < -0.3 is 20.7 Å². The summed E-state index contributed by atoms with van der Waals surface area (Å²) in [6.07, 6.45) is 5.07. The van der Waals surface area contributed by atoms with E-state index in [0.717, 1.165) is 56.0 Å². The van der Waals surface area contributed by atoms with Crippen molar-refractivity contribution in [3.05, 3.63) is 29.3 Å². The van der Waals surface area contributed by atoms with E-state index in [1.165, 1.54) is 12.0 Å². The summed E-state index contributed by atoms with van der Waals surface area (Å²) in [6.45, 7) is 4.33. The number of carbonyl (C=O) groups excluding carboxylic acids is 1. The van der Waals surface area contributed by atoms with Crippen LogP contribution in [0.1, 0.15) is 36.8 Å². The summed E-state index contributed by atoms with van der Waals surface area (Å²) < 4.78 is 5.37. The second-order valence-electron chi connectivity index (χ2n) is 6.75. The number of methoxy groups -OCH3 is 1. The van der Waals surface area contributed by atoms with E-state index in [2.05, 4.69) is 39.1 Å². The number of carbonyl (C=O) groups is 1. The van der Waals surface area contributed by atoms with Crippen LogP contribution < -0.4 is 20.7 Å². The van der Waals surface area contributed by atoms with Gasteiger partial charge in [0.2, 0.25) is 5.91 Å². The summed E-state index contributed by atoms with van der Waals surface area (Å²) in [6, 6.07) is 6.29. The molecule has 27 heavy (non-hydrogen) atoms. The number of nitrogens with one attached hydrogen (secondary N) is 3. The Morgan fingerprint density at radius 1 is 1.19 bits per heavy atom. The Morgan fingerprint density at radius 3 is 2.52 bits per heavy atom. The molecule has 0 saturated heterocycles. The third-order valence-electron chi connectivity index (χ3n) is 4.82. The standard InChI is InChI=1S/C20H32N4O2.HI/c1-15-8-9-16(14-18(15)26-3)10-13-24-20(21-2)23-12-5-11-22-19(25)17-6-4-7-17;/h8-9,14,17H,4-7,10-13H2,1-3H3,(H,22,25)(H2,21,23,24);1H. The third-order valence-corrected chi connectivity index (χ3v) is 4.82. The molecule has 6 nitrogen and oxygen atoms in total. The Bertz CT molecular complexity index is 618. The van der Waals surface area contributed by atoms with Crippen molar-refractivity contribution < 1.29 is 9.53 Å². The largest absolute Gasteiger partial charge is 0.496 e. The highest BCUT2D eigenvalue weighted by Crippen LogP contribution is 2.26. The number of ether oxygens (including phenoxy) is 1. The van der Waals surface area contributed by atoms with Gasteiger partial charge in [0, 0.05) is 32.6 Å². The number of aliphatic imine (C=N–C) groups is 1. The lowest BCUT2D eigenvalue weighted by Crippen LogP contribution is -2.40. The topological polar surface area (TPSA) is 74.8 Å². The molecule has 1 aliphatic rings. The molecule has 152 valence electrons. The second kappa shape index (κ2) is 12.8. The van der Waals surface area contributed by atoms with Crippen molar-refractivity contribution in [3.8, 4) is 5.75 Å². The summed E-state index contributed by atoms with van der Waals surface area (Å²) in [5, 5.41) is 9.60. The first kappa shape index (κ1) is 23.5. The van der Waals surface area contributed by atoms with Crippen LogP contribution in [0.25, 0.3) is 0 Å². The van der Waals surface area contributed by atoms with Crippen LogP contribution >= 0.6 is 24.0 Å². The lowest BCUT2D eigenvalue weighted by Gasteiger charge is -2.24. The SMILES string of the molecule is CN=C(NCCCNC(=O)C1CCC1)NCCc1ccc(C)c(OC)c1.I. The summed E-state index contributed by atoms with van der Waals surface area (Å²) in [4.78, 5) is 16.0. The van der Waals surface area contributed by atoms with Crippen LogP contribution in [0, 0.1) is 12.8 Å². The fourth-order valence-corrected chi connectivity index (χ4v) is 2.89. The quantitative estimate of drug-likeness (QED) is 0.216. The van der Waals surface area contributed by atoms with Gasteiger partial charge in [-0.2, -0.15) is 0 Å². The van der Waals surface area contributed by atoms with Crippen molar-refractivity contribution in [1.82, 2.24) is 16.0 Å². The van der Waals surface area contributed by atoms with Crippen molar-refractivity contribution in [1.29, 1.82) is 0 Å². The lowest BCUT2D eigenvalue weighted by molar-refractivity contribution is -0.127. The van der Waals surface area contributed by atoms with E-state index in [1.54, 1.807) is 14.2 Å². The fourth-order valence-electron chi connectivity index (χ4n) is 2.89. The van der Waals surface area contributed by atoms with E-state index in [0.29, 0.717) is 6.54 Å². The Morgan fingerprint density at radius 2 is 1.89 bits per heavy atom. The minimum Gasteiger partial charge on any atom is -0.496 e. The van der Waals surface area contributed by atoms with Gasteiger partial charge in [0.1, 0.15) is 5.75 Å². The number of rotatable bonds is 9. The van der Waals surface area contributed by atoms with E-state index in [9.17, 15) is 4.79 Å². The number of nitrogens with zero attached hydrogens (tertiary/aromatic N) is 1. The molecule has 0 aliphatic heterocycles. The Balaban J connectivity index is 0.00000364. The molecule has 0 heterocycles. The third kappa shape index (κ3) is 7.94. The molecule has 0 bridgehead atoms. The summed E-state index contributed by atoms with van der Waals surface area (Å²) in [7, 11) is 3.47. The van der Waals surface area contributed by atoms with Crippen LogP contribution in [0.15, 0.2) is 23.2 Å². The van der Waals surface area contributed by atoms with Gasteiger partial charge in [-0.1, -0.05) is 18.6 Å². The molecule has 0 atom stereocenters. The van der Waals surface area contributed by atoms with Gasteiger partial charge in [0.05, 0.1) is 7.11 Å². The van der Waals surface area contributed by atoms with Crippen LogP contribution in [-0.2, 0) is 11.2 Å². The van der Waals surface area contributed by atoms with Gasteiger partial charge >= 0.3 is 0 Å². The molecule has 1 fully saturated rings. The number of halogens is 1. The monoisotopic (exact) mass is 488 g/mol.